The van der Waals surface area contributed by atoms with Crippen LogP contribution in [0.4, 0.5) is 13.2 Å². The Labute approximate surface area is 151 Å². The second kappa shape index (κ2) is 7.09. The SMILES string of the molecule is C=C(C)COc1cc(-c2nn(C)c(C(F)(F)F)cc2=O)c(Cl)cc1Cl. The second-order valence-electron chi connectivity index (χ2n) is 5.37. The van der Waals surface area contributed by atoms with Crippen LogP contribution in [0.3, 0.4) is 0 Å². The van der Waals surface area contributed by atoms with E-state index in [1.165, 1.54) is 12.1 Å². The van der Waals surface area contributed by atoms with E-state index in [-0.39, 0.29) is 33.7 Å². The van der Waals surface area contributed by atoms with Gasteiger partial charge in [-0.25, -0.2) is 0 Å². The van der Waals surface area contributed by atoms with Crippen molar-refractivity contribution in [2.75, 3.05) is 6.61 Å². The number of alkyl halides is 3. The van der Waals surface area contributed by atoms with Gasteiger partial charge in [-0.05, 0) is 24.6 Å². The van der Waals surface area contributed by atoms with E-state index in [2.05, 4.69) is 11.7 Å². The number of hydrogen-bond donors (Lipinski definition) is 0. The lowest BCUT2D eigenvalue weighted by Gasteiger charge is -2.14. The van der Waals surface area contributed by atoms with Crippen LogP contribution in [0.15, 0.2) is 35.1 Å². The predicted octanol–water partition coefficient (Wildman–Crippen LogP) is 4.73. The lowest BCUT2D eigenvalue weighted by Crippen LogP contribution is -2.22. The molecule has 9 heteroatoms. The van der Waals surface area contributed by atoms with Crippen LogP contribution in [-0.4, -0.2) is 16.4 Å². The van der Waals surface area contributed by atoms with Gasteiger partial charge in [0.1, 0.15) is 23.7 Å². The van der Waals surface area contributed by atoms with E-state index >= 15 is 0 Å². The molecule has 0 saturated carbocycles. The highest BCUT2D eigenvalue weighted by atomic mass is 35.5. The number of hydrogen-bond acceptors (Lipinski definition) is 3. The molecule has 25 heavy (non-hydrogen) atoms. The highest BCUT2D eigenvalue weighted by Gasteiger charge is 2.34. The first-order valence-electron chi connectivity index (χ1n) is 6.93. The molecule has 0 unspecified atom stereocenters. The van der Waals surface area contributed by atoms with Crippen LogP contribution >= 0.6 is 23.2 Å². The van der Waals surface area contributed by atoms with Crippen LogP contribution in [0.25, 0.3) is 11.3 Å². The van der Waals surface area contributed by atoms with E-state index in [0.717, 1.165) is 12.6 Å². The maximum absolute atomic E-state index is 12.9. The minimum Gasteiger partial charge on any atom is -0.488 e. The molecular formula is C16H13Cl2F3N2O2. The highest BCUT2D eigenvalue weighted by Crippen LogP contribution is 2.36. The van der Waals surface area contributed by atoms with Gasteiger partial charge in [0.25, 0.3) is 0 Å². The van der Waals surface area contributed by atoms with Gasteiger partial charge < -0.3 is 4.74 Å². The van der Waals surface area contributed by atoms with E-state index in [1.54, 1.807) is 6.92 Å². The Morgan fingerprint density at radius 3 is 2.48 bits per heavy atom. The fraction of sp³-hybridized carbons (Fsp3) is 0.250. The second-order valence-corrected chi connectivity index (χ2v) is 6.19. The normalized spacial score (nSPS) is 11.5. The Balaban J connectivity index is 2.58. The molecule has 1 heterocycles. The number of nitrogens with zero attached hydrogens (tertiary/aromatic N) is 2. The zero-order chi connectivity index (χ0) is 18.9. The summed E-state index contributed by atoms with van der Waals surface area (Å²) in [6, 6.07) is 3.18. The fourth-order valence-corrected chi connectivity index (χ4v) is 2.54. The van der Waals surface area contributed by atoms with Crippen LogP contribution in [0.2, 0.25) is 10.0 Å². The Morgan fingerprint density at radius 2 is 1.92 bits per heavy atom. The van der Waals surface area contributed by atoms with Gasteiger partial charge in [0.05, 0.1) is 10.0 Å². The minimum absolute atomic E-state index is 0.0667. The number of halogens is 5. The maximum atomic E-state index is 12.9. The molecule has 0 bridgehead atoms. The molecule has 0 N–H and O–H groups in total. The van der Waals surface area contributed by atoms with E-state index < -0.39 is 17.3 Å². The number of aromatic nitrogens is 2. The van der Waals surface area contributed by atoms with Gasteiger partial charge in [-0.1, -0.05) is 29.8 Å². The quantitative estimate of drug-likeness (QED) is 0.706. The van der Waals surface area contributed by atoms with Crippen molar-refractivity contribution in [3.05, 3.63) is 56.3 Å². The summed E-state index contributed by atoms with van der Waals surface area (Å²) in [6.07, 6.45) is -4.70. The molecule has 1 aromatic carbocycles. The van der Waals surface area contributed by atoms with Crippen LogP contribution in [-0.2, 0) is 13.2 Å². The molecule has 0 radical (unpaired) electrons. The van der Waals surface area contributed by atoms with Crippen molar-refractivity contribution in [2.24, 2.45) is 7.05 Å². The van der Waals surface area contributed by atoms with Crippen molar-refractivity contribution >= 4 is 23.2 Å². The summed E-state index contributed by atoms with van der Waals surface area (Å²) in [4.78, 5) is 12.1. The van der Waals surface area contributed by atoms with Gasteiger partial charge in [0, 0.05) is 18.7 Å². The smallest absolute Gasteiger partial charge is 0.433 e. The largest absolute Gasteiger partial charge is 0.488 e. The van der Waals surface area contributed by atoms with Gasteiger partial charge >= 0.3 is 6.18 Å². The Morgan fingerprint density at radius 1 is 1.28 bits per heavy atom. The summed E-state index contributed by atoms with van der Waals surface area (Å²) in [7, 11) is 1.09. The molecule has 0 aliphatic rings. The van der Waals surface area contributed by atoms with E-state index in [0.29, 0.717) is 10.7 Å². The average Bonchev–Trinajstić information content (AvgIpc) is 2.47. The zero-order valence-electron chi connectivity index (χ0n) is 13.2. The van der Waals surface area contributed by atoms with Crippen molar-refractivity contribution < 1.29 is 17.9 Å². The lowest BCUT2D eigenvalue weighted by molar-refractivity contribution is -0.144. The standard InChI is InChI=1S/C16H13Cl2F3N2O2/c1-8(2)7-25-13-4-9(10(17)5-11(13)18)15-12(24)6-14(16(19,20)21)23(3)22-15/h4-6H,1,7H2,2-3H3. The van der Waals surface area contributed by atoms with Crippen molar-refractivity contribution in [3.8, 4) is 17.0 Å². The molecular weight excluding hydrogens is 380 g/mol. The maximum Gasteiger partial charge on any atom is 0.433 e. The van der Waals surface area contributed by atoms with Gasteiger partial charge in [-0.15, -0.1) is 0 Å². The first kappa shape index (κ1) is 19.3. The molecule has 0 atom stereocenters. The van der Waals surface area contributed by atoms with Gasteiger partial charge in [0.15, 0.2) is 0 Å². The highest BCUT2D eigenvalue weighted by molar-refractivity contribution is 6.37. The van der Waals surface area contributed by atoms with E-state index in [4.69, 9.17) is 27.9 Å². The van der Waals surface area contributed by atoms with Crippen molar-refractivity contribution in [1.29, 1.82) is 0 Å². The number of benzene rings is 1. The topological polar surface area (TPSA) is 44.1 Å². The van der Waals surface area contributed by atoms with Crippen LogP contribution in [0, 0.1) is 0 Å². The van der Waals surface area contributed by atoms with Gasteiger partial charge in [0.2, 0.25) is 5.43 Å². The predicted molar refractivity (Wildman–Crippen MR) is 90.2 cm³/mol. The Hall–Kier alpha value is -1.99. The Bertz CT molecular complexity index is 892. The summed E-state index contributed by atoms with van der Waals surface area (Å²) in [6.45, 7) is 5.62. The molecule has 4 nitrogen and oxygen atoms in total. The third-order valence-corrected chi connectivity index (χ3v) is 3.75. The summed E-state index contributed by atoms with van der Waals surface area (Å²) in [5, 5.41) is 3.98. The number of aryl methyl sites for hydroxylation is 1. The van der Waals surface area contributed by atoms with Gasteiger partial charge in [-0.3, -0.25) is 9.48 Å². The molecule has 1 aromatic heterocycles. The Kier molecular flexibility index (Phi) is 5.49. The summed E-state index contributed by atoms with van der Waals surface area (Å²) in [5.41, 5.74) is -1.46. The molecule has 2 aromatic rings. The molecule has 0 saturated heterocycles. The lowest BCUT2D eigenvalue weighted by atomic mass is 10.1. The monoisotopic (exact) mass is 392 g/mol. The first-order valence-corrected chi connectivity index (χ1v) is 7.68. The van der Waals surface area contributed by atoms with E-state index in [9.17, 15) is 18.0 Å². The van der Waals surface area contributed by atoms with Crippen molar-refractivity contribution in [3.63, 3.8) is 0 Å². The number of rotatable bonds is 4. The van der Waals surface area contributed by atoms with Crippen LogP contribution in [0.1, 0.15) is 12.6 Å². The number of ether oxygens (including phenoxy) is 1. The minimum atomic E-state index is -4.70. The molecule has 0 fully saturated rings. The fourth-order valence-electron chi connectivity index (χ4n) is 2.01. The molecule has 0 spiro atoms. The third-order valence-electron chi connectivity index (χ3n) is 3.14. The first-order chi connectivity index (χ1) is 11.5. The molecule has 0 amide bonds. The molecule has 2 rings (SSSR count). The van der Waals surface area contributed by atoms with Crippen LogP contribution < -0.4 is 10.2 Å². The van der Waals surface area contributed by atoms with Crippen molar-refractivity contribution in [2.45, 2.75) is 13.1 Å². The van der Waals surface area contributed by atoms with E-state index in [1.807, 2.05) is 0 Å². The summed E-state index contributed by atoms with van der Waals surface area (Å²) < 4.78 is 44.6. The average molecular weight is 393 g/mol. The summed E-state index contributed by atoms with van der Waals surface area (Å²) in [5.74, 6) is 0.216. The van der Waals surface area contributed by atoms with Crippen LogP contribution in [0.5, 0.6) is 5.75 Å². The van der Waals surface area contributed by atoms with Crippen molar-refractivity contribution in [1.82, 2.24) is 9.78 Å². The molecule has 0 aliphatic carbocycles. The molecule has 0 aliphatic heterocycles. The third kappa shape index (κ3) is 4.35. The zero-order valence-corrected chi connectivity index (χ0v) is 14.8. The summed E-state index contributed by atoms with van der Waals surface area (Å²) >= 11 is 12.1. The molecule has 134 valence electrons. The van der Waals surface area contributed by atoms with Gasteiger partial charge in [-0.2, -0.15) is 18.3 Å².